The van der Waals surface area contributed by atoms with Gasteiger partial charge in [-0.05, 0) is 19.1 Å². The summed E-state index contributed by atoms with van der Waals surface area (Å²) in [7, 11) is 0. The van der Waals surface area contributed by atoms with E-state index in [0.717, 1.165) is 5.69 Å². The molecule has 0 aromatic carbocycles. The first-order valence-electron chi connectivity index (χ1n) is 3.22. The van der Waals surface area contributed by atoms with Crippen molar-refractivity contribution in [2.45, 2.75) is 6.92 Å². The van der Waals surface area contributed by atoms with Gasteiger partial charge in [0.25, 0.3) is 5.91 Å². The molecular weight excluding hydrogens is 180 g/mol. The van der Waals surface area contributed by atoms with E-state index in [0.29, 0.717) is 0 Å². The fourth-order valence-corrected chi connectivity index (χ4v) is 1.04. The Labute approximate surface area is 74.1 Å². The number of hydrogen-bond acceptors (Lipinski definition) is 3. The van der Waals surface area contributed by atoms with Crippen molar-refractivity contribution in [2.24, 2.45) is 0 Å². The van der Waals surface area contributed by atoms with Crippen molar-refractivity contribution in [3.8, 4) is 0 Å². The highest BCUT2D eigenvalue weighted by molar-refractivity contribution is 6.32. The minimum atomic E-state index is -0.660. The van der Waals surface area contributed by atoms with Crippen LogP contribution in [0.4, 0.5) is 0 Å². The van der Waals surface area contributed by atoms with Crippen LogP contribution in [0.1, 0.15) is 16.1 Å². The van der Waals surface area contributed by atoms with E-state index in [2.05, 4.69) is 4.98 Å². The van der Waals surface area contributed by atoms with Gasteiger partial charge >= 0.3 is 0 Å². The van der Waals surface area contributed by atoms with Crippen LogP contribution in [0.25, 0.3) is 0 Å². The summed E-state index contributed by atoms with van der Waals surface area (Å²) in [5, 5.41) is 8.38. The number of pyridine rings is 1. The molecule has 0 aliphatic rings. The Morgan fingerprint density at radius 1 is 1.67 bits per heavy atom. The van der Waals surface area contributed by atoms with Gasteiger partial charge in [0, 0.05) is 5.69 Å². The number of aryl methyl sites for hydroxylation is 1. The second kappa shape index (κ2) is 3.51. The van der Waals surface area contributed by atoms with Crippen LogP contribution in [-0.2, 0) is 0 Å². The number of aromatic nitrogens is 1. The number of hydroxylamine groups is 1. The molecule has 1 heterocycles. The van der Waals surface area contributed by atoms with Gasteiger partial charge in [0.2, 0.25) is 0 Å². The Kier molecular flexibility index (Phi) is 2.62. The first kappa shape index (κ1) is 8.96. The maximum Gasteiger partial charge on any atom is 0.277 e. The van der Waals surface area contributed by atoms with E-state index < -0.39 is 5.91 Å². The first-order valence-corrected chi connectivity index (χ1v) is 3.60. The smallest absolute Gasteiger partial charge is 0.277 e. The van der Waals surface area contributed by atoms with Crippen LogP contribution in [0, 0.1) is 6.92 Å². The molecule has 0 spiro atoms. The van der Waals surface area contributed by atoms with E-state index in [1.165, 1.54) is 11.5 Å². The van der Waals surface area contributed by atoms with Crippen molar-refractivity contribution >= 4 is 17.5 Å². The zero-order chi connectivity index (χ0) is 9.14. The summed E-state index contributed by atoms with van der Waals surface area (Å²) in [5.41, 5.74) is 2.35. The van der Waals surface area contributed by atoms with Gasteiger partial charge in [-0.15, -0.1) is 0 Å². The minimum absolute atomic E-state index is 0.0848. The fraction of sp³-hybridized carbons (Fsp3) is 0.143. The van der Waals surface area contributed by atoms with Crippen molar-refractivity contribution in [1.82, 2.24) is 10.5 Å². The zero-order valence-electron chi connectivity index (χ0n) is 6.34. The average Bonchev–Trinajstić information content (AvgIpc) is 2.03. The molecule has 0 saturated heterocycles. The Balaban J connectivity index is 3.09. The van der Waals surface area contributed by atoms with Gasteiger partial charge in [0.1, 0.15) is 5.15 Å². The lowest BCUT2D eigenvalue weighted by Gasteiger charge is -2.00. The van der Waals surface area contributed by atoms with Gasteiger partial charge < -0.3 is 0 Å². The van der Waals surface area contributed by atoms with Crippen molar-refractivity contribution in [3.05, 3.63) is 28.5 Å². The third-order valence-electron chi connectivity index (χ3n) is 1.33. The molecule has 1 rings (SSSR count). The van der Waals surface area contributed by atoms with Crippen LogP contribution in [0.2, 0.25) is 5.15 Å². The molecule has 12 heavy (non-hydrogen) atoms. The molecule has 0 radical (unpaired) electrons. The molecule has 1 aromatic heterocycles. The largest absolute Gasteiger partial charge is 0.288 e. The molecule has 0 aliphatic heterocycles. The van der Waals surface area contributed by atoms with E-state index >= 15 is 0 Å². The van der Waals surface area contributed by atoms with Gasteiger partial charge in [-0.3, -0.25) is 10.0 Å². The summed E-state index contributed by atoms with van der Waals surface area (Å²) >= 11 is 5.62. The second-order valence-corrected chi connectivity index (χ2v) is 2.59. The van der Waals surface area contributed by atoms with Crippen LogP contribution in [-0.4, -0.2) is 16.1 Å². The molecule has 0 saturated carbocycles. The van der Waals surface area contributed by atoms with Crippen LogP contribution >= 0.6 is 11.6 Å². The maximum atomic E-state index is 10.9. The first-order chi connectivity index (χ1) is 5.65. The second-order valence-electron chi connectivity index (χ2n) is 2.23. The van der Waals surface area contributed by atoms with Gasteiger partial charge in [0.15, 0.2) is 0 Å². The molecule has 0 unspecified atom stereocenters. The molecule has 2 N–H and O–H groups in total. The number of hydrogen-bond donors (Lipinski definition) is 2. The maximum absolute atomic E-state index is 10.9. The molecular formula is C7H7ClN2O2. The third kappa shape index (κ3) is 1.72. The lowest BCUT2D eigenvalue weighted by Crippen LogP contribution is -2.19. The number of rotatable bonds is 1. The van der Waals surface area contributed by atoms with Crippen LogP contribution < -0.4 is 5.48 Å². The predicted molar refractivity (Wildman–Crippen MR) is 43.2 cm³/mol. The number of amides is 1. The van der Waals surface area contributed by atoms with Crippen molar-refractivity contribution in [2.75, 3.05) is 0 Å². The van der Waals surface area contributed by atoms with Gasteiger partial charge in [-0.1, -0.05) is 11.6 Å². The highest BCUT2D eigenvalue weighted by Crippen LogP contribution is 2.12. The SMILES string of the molecule is Cc1ccc(C(=O)NO)c(Cl)n1. The summed E-state index contributed by atoms with van der Waals surface area (Å²) in [6, 6.07) is 3.13. The highest BCUT2D eigenvalue weighted by Gasteiger charge is 2.09. The molecule has 0 aliphatic carbocycles. The number of nitrogens with zero attached hydrogens (tertiary/aromatic N) is 1. The molecule has 0 bridgehead atoms. The Morgan fingerprint density at radius 3 is 2.83 bits per heavy atom. The number of nitrogens with one attached hydrogen (secondary N) is 1. The number of carbonyl (C=O) groups is 1. The van der Waals surface area contributed by atoms with Crippen molar-refractivity contribution in [3.63, 3.8) is 0 Å². The van der Waals surface area contributed by atoms with Crippen LogP contribution in [0.5, 0.6) is 0 Å². The van der Waals surface area contributed by atoms with E-state index in [1.54, 1.807) is 13.0 Å². The Morgan fingerprint density at radius 2 is 2.33 bits per heavy atom. The molecule has 0 atom stereocenters. The highest BCUT2D eigenvalue weighted by atomic mass is 35.5. The quantitative estimate of drug-likeness (QED) is 0.393. The summed E-state index contributed by atoms with van der Waals surface area (Å²) in [5.74, 6) is -0.660. The van der Waals surface area contributed by atoms with E-state index in [1.807, 2.05) is 0 Å². The Hall–Kier alpha value is -1.13. The lowest BCUT2D eigenvalue weighted by atomic mass is 10.2. The number of carbonyl (C=O) groups excluding carboxylic acids is 1. The minimum Gasteiger partial charge on any atom is -0.288 e. The summed E-state index contributed by atoms with van der Waals surface area (Å²) < 4.78 is 0. The summed E-state index contributed by atoms with van der Waals surface area (Å²) in [6.07, 6.45) is 0. The third-order valence-corrected chi connectivity index (χ3v) is 1.62. The zero-order valence-corrected chi connectivity index (χ0v) is 7.09. The average molecular weight is 187 g/mol. The standard InChI is InChI=1S/C7H7ClN2O2/c1-4-2-3-5(6(8)9-4)7(11)10-12/h2-3,12H,1H3,(H,10,11). The Bertz CT molecular complexity index is 314. The molecule has 64 valence electrons. The van der Waals surface area contributed by atoms with E-state index in [-0.39, 0.29) is 10.7 Å². The molecule has 0 fully saturated rings. The summed E-state index contributed by atoms with van der Waals surface area (Å²) in [6.45, 7) is 1.76. The molecule has 1 amide bonds. The monoisotopic (exact) mass is 186 g/mol. The summed E-state index contributed by atoms with van der Waals surface area (Å²) in [4.78, 5) is 14.7. The van der Waals surface area contributed by atoms with Crippen LogP contribution in [0.3, 0.4) is 0 Å². The molecule has 5 heteroatoms. The predicted octanol–water partition coefficient (Wildman–Crippen LogP) is 1.16. The number of halogens is 1. The van der Waals surface area contributed by atoms with E-state index in [4.69, 9.17) is 16.8 Å². The lowest BCUT2D eigenvalue weighted by molar-refractivity contribution is 0.0706. The fourth-order valence-electron chi connectivity index (χ4n) is 0.755. The van der Waals surface area contributed by atoms with Crippen molar-refractivity contribution in [1.29, 1.82) is 0 Å². The van der Waals surface area contributed by atoms with Gasteiger partial charge in [-0.25, -0.2) is 10.5 Å². The van der Waals surface area contributed by atoms with Crippen molar-refractivity contribution < 1.29 is 10.0 Å². The van der Waals surface area contributed by atoms with Gasteiger partial charge in [-0.2, -0.15) is 0 Å². The van der Waals surface area contributed by atoms with Crippen LogP contribution in [0.15, 0.2) is 12.1 Å². The normalized spacial score (nSPS) is 9.58. The van der Waals surface area contributed by atoms with Gasteiger partial charge in [0.05, 0.1) is 5.56 Å². The van der Waals surface area contributed by atoms with E-state index in [9.17, 15) is 4.79 Å². The molecule has 1 aromatic rings. The molecule has 4 nitrogen and oxygen atoms in total. The topological polar surface area (TPSA) is 62.2 Å².